The van der Waals surface area contributed by atoms with Crippen LogP contribution in [0.3, 0.4) is 0 Å². The minimum atomic E-state index is -0.455. The number of hydrogen-bond donors (Lipinski definition) is 1. The highest BCUT2D eigenvalue weighted by atomic mass is 32.2. The predicted molar refractivity (Wildman–Crippen MR) is 50.3 cm³/mol. The second kappa shape index (κ2) is 2.66. The molecule has 1 heterocycles. The maximum absolute atomic E-state index is 12.6. The van der Waals surface area contributed by atoms with Gasteiger partial charge in [0.15, 0.2) is 0 Å². The smallest absolute Gasteiger partial charge is 0.122 e. The van der Waals surface area contributed by atoms with Crippen molar-refractivity contribution < 1.29 is 4.39 Å². The summed E-state index contributed by atoms with van der Waals surface area (Å²) in [6.45, 7) is 1.52. The van der Waals surface area contributed by atoms with E-state index in [-0.39, 0.29) is 6.67 Å². The Balaban J connectivity index is 2.33. The summed E-state index contributed by atoms with van der Waals surface area (Å²) in [5.41, 5.74) is 1.04. The van der Waals surface area contributed by atoms with E-state index in [0.717, 1.165) is 10.6 Å². The molecule has 1 aliphatic rings. The fraction of sp³-hybridized carbons (Fsp3) is 0.333. The molecule has 2 rings (SSSR count). The van der Waals surface area contributed by atoms with Crippen molar-refractivity contribution in [2.24, 2.45) is 0 Å². The zero-order valence-corrected chi connectivity index (χ0v) is 7.62. The molecule has 1 unspecified atom stereocenters. The Labute approximate surface area is 75.4 Å². The van der Waals surface area contributed by atoms with Gasteiger partial charge in [-0.05, 0) is 19.1 Å². The van der Waals surface area contributed by atoms with Crippen LogP contribution in [0, 0.1) is 0 Å². The molecular formula is C9H10FNS. The van der Waals surface area contributed by atoms with Gasteiger partial charge in [0.25, 0.3) is 0 Å². The third-order valence-corrected chi connectivity index (χ3v) is 3.11. The van der Waals surface area contributed by atoms with Gasteiger partial charge in [-0.2, -0.15) is 0 Å². The van der Waals surface area contributed by atoms with Crippen LogP contribution >= 0.6 is 11.8 Å². The van der Waals surface area contributed by atoms with Crippen LogP contribution in [0.5, 0.6) is 0 Å². The van der Waals surface area contributed by atoms with Gasteiger partial charge < -0.3 is 5.32 Å². The summed E-state index contributed by atoms with van der Waals surface area (Å²) in [6.07, 6.45) is 0. The Morgan fingerprint density at radius 2 is 2.25 bits per heavy atom. The number of rotatable bonds is 1. The summed E-state index contributed by atoms with van der Waals surface area (Å²) in [5, 5.41) is 3.15. The molecule has 0 aliphatic carbocycles. The van der Waals surface area contributed by atoms with Crippen molar-refractivity contribution in [3.63, 3.8) is 0 Å². The Bertz CT molecular complexity index is 275. The quantitative estimate of drug-likeness (QED) is 0.718. The molecule has 0 saturated carbocycles. The lowest BCUT2D eigenvalue weighted by atomic mass is 10.3. The van der Waals surface area contributed by atoms with Crippen LogP contribution in [0.4, 0.5) is 10.1 Å². The molecule has 0 fully saturated rings. The highest BCUT2D eigenvalue weighted by molar-refractivity contribution is 8.01. The molecule has 3 heteroatoms. The van der Waals surface area contributed by atoms with Crippen molar-refractivity contribution >= 4 is 17.4 Å². The van der Waals surface area contributed by atoms with Gasteiger partial charge in [-0.1, -0.05) is 23.9 Å². The Kier molecular flexibility index (Phi) is 1.76. The molecule has 1 aromatic rings. The van der Waals surface area contributed by atoms with E-state index in [1.807, 2.05) is 31.2 Å². The fourth-order valence-corrected chi connectivity index (χ4v) is 2.35. The summed E-state index contributed by atoms with van der Waals surface area (Å²) >= 11 is 1.55. The van der Waals surface area contributed by atoms with E-state index in [0.29, 0.717) is 0 Å². The zero-order chi connectivity index (χ0) is 8.60. The van der Waals surface area contributed by atoms with Gasteiger partial charge in [0, 0.05) is 10.6 Å². The van der Waals surface area contributed by atoms with Gasteiger partial charge in [-0.25, -0.2) is 4.39 Å². The van der Waals surface area contributed by atoms with Gasteiger partial charge >= 0.3 is 0 Å². The Hall–Kier alpha value is -0.700. The number of thioether (sulfide) groups is 1. The molecule has 0 saturated heterocycles. The van der Waals surface area contributed by atoms with E-state index in [2.05, 4.69) is 5.32 Å². The molecule has 64 valence electrons. The first-order valence-electron chi connectivity index (χ1n) is 3.86. The number of alkyl halides is 1. The maximum Gasteiger partial charge on any atom is 0.122 e. The third-order valence-electron chi connectivity index (χ3n) is 1.88. The second-order valence-electron chi connectivity index (χ2n) is 3.09. The minimum Gasteiger partial charge on any atom is -0.368 e. The first-order valence-corrected chi connectivity index (χ1v) is 4.67. The number of halogens is 1. The number of benzene rings is 1. The first-order chi connectivity index (χ1) is 5.73. The van der Waals surface area contributed by atoms with Crippen molar-refractivity contribution in [1.29, 1.82) is 0 Å². The molecule has 12 heavy (non-hydrogen) atoms. The normalized spacial score (nSPS) is 26.5. The van der Waals surface area contributed by atoms with Gasteiger partial charge in [-0.3, -0.25) is 0 Å². The SMILES string of the molecule is CC1(CF)Nc2ccccc2S1. The molecule has 1 aliphatic heterocycles. The van der Waals surface area contributed by atoms with Gasteiger partial charge in [0.05, 0.1) is 0 Å². The third kappa shape index (κ3) is 1.18. The molecular weight excluding hydrogens is 173 g/mol. The lowest BCUT2D eigenvalue weighted by Crippen LogP contribution is -2.28. The zero-order valence-electron chi connectivity index (χ0n) is 6.80. The second-order valence-corrected chi connectivity index (χ2v) is 4.63. The molecule has 0 radical (unpaired) electrons. The molecule has 0 amide bonds. The highest BCUT2D eigenvalue weighted by Gasteiger charge is 2.32. The van der Waals surface area contributed by atoms with Gasteiger partial charge in [-0.15, -0.1) is 0 Å². The van der Waals surface area contributed by atoms with E-state index >= 15 is 0 Å². The summed E-state index contributed by atoms with van der Waals surface area (Å²) in [7, 11) is 0. The van der Waals surface area contributed by atoms with Crippen LogP contribution < -0.4 is 5.32 Å². The molecule has 1 atom stereocenters. The maximum atomic E-state index is 12.6. The number of hydrogen-bond acceptors (Lipinski definition) is 2. The van der Waals surface area contributed by atoms with E-state index in [1.165, 1.54) is 0 Å². The van der Waals surface area contributed by atoms with E-state index < -0.39 is 4.87 Å². The van der Waals surface area contributed by atoms with E-state index in [1.54, 1.807) is 11.8 Å². The van der Waals surface area contributed by atoms with E-state index in [9.17, 15) is 4.39 Å². The molecule has 1 nitrogen and oxygen atoms in total. The van der Waals surface area contributed by atoms with E-state index in [4.69, 9.17) is 0 Å². The van der Waals surface area contributed by atoms with Crippen LogP contribution in [0.25, 0.3) is 0 Å². The standard InChI is InChI=1S/C9H10FNS/c1-9(6-10)11-7-4-2-3-5-8(7)12-9/h2-5,11H,6H2,1H3. The molecule has 0 bridgehead atoms. The lowest BCUT2D eigenvalue weighted by molar-refractivity contribution is 0.440. The first kappa shape index (κ1) is 7.92. The van der Waals surface area contributed by atoms with Gasteiger partial charge in [0.2, 0.25) is 0 Å². The fourth-order valence-electron chi connectivity index (χ4n) is 1.27. The number of anilines is 1. The van der Waals surface area contributed by atoms with Crippen LogP contribution in [-0.2, 0) is 0 Å². The van der Waals surface area contributed by atoms with Crippen LogP contribution in [-0.4, -0.2) is 11.5 Å². The molecule has 0 spiro atoms. The van der Waals surface area contributed by atoms with Crippen LogP contribution in [0.1, 0.15) is 6.92 Å². The van der Waals surface area contributed by atoms with Crippen LogP contribution in [0.15, 0.2) is 29.2 Å². The topological polar surface area (TPSA) is 12.0 Å². The largest absolute Gasteiger partial charge is 0.368 e. The van der Waals surface area contributed by atoms with Crippen LogP contribution in [0.2, 0.25) is 0 Å². The van der Waals surface area contributed by atoms with Crippen molar-refractivity contribution in [2.45, 2.75) is 16.7 Å². The summed E-state index contributed by atoms with van der Waals surface area (Å²) < 4.78 is 12.6. The highest BCUT2D eigenvalue weighted by Crippen LogP contribution is 2.44. The van der Waals surface area contributed by atoms with Crippen molar-refractivity contribution in [1.82, 2.24) is 0 Å². The number of para-hydroxylation sites is 1. The van der Waals surface area contributed by atoms with Gasteiger partial charge in [0.1, 0.15) is 11.5 Å². The van der Waals surface area contributed by atoms with Crippen molar-refractivity contribution in [2.75, 3.05) is 12.0 Å². The molecule has 0 aromatic heterocycles. The Morgan fingerprint density at radius 1 is 1.50 bits per heavy atom. The summed E-state index contributed by atoms with van der Waals surface area (Å²) in [5.74, 6) is 0. The lowest BCUT2D eigenvalue weighted by Gasteiger charge is -2.18. The summed E-state index contributed by atoms with van der Waals surface area (Å²) in [4.78, 5) is 0.682. The molecule has 1 N–H and O–H groups in total. The average molecular weight is 183 g/mol. The monoisotopic (exact) mass is 183 g/mol. The number of fused-ring (bicyclic) bond motifs is 1. The Morgan fingerprint density at radius 3 is 2.92 bits per heavy atom. The molecule has 1 aromatic carbocycles. The van der Waals surface area contributed by atoms with Crippen molar-refractivity contribution in [3.05, 3.63) is 24.3 Å². The number of nitrogens with one attached hydrogen (secondary N) is 1. The van der Waals surface area contributed by atoms with Crippen molar-refractivity contribution in [3.8, 4) is 0 Å². The predicted octanol–water partition coefficient (Wildman–Crippen LogP) is 2.89. The average Bonchev–Trinajstić information content (AvgIpc) is 2.42. The minimum absolute atomic E-state index is 0.355. The summed E-state index contributed by atoms with van der Waals surface area (Å²) in [6, 6.07) is 7.91.